The molecule has 328 valence electrons. The lowest BCUT2D eigenvalue weighted by molar-refractivity contribution is -0.137. The van der Waals surface area contributed by atoms with Gasteiger partial charge >= 0.3 is 12.1 Å². The summed E-state index contributed by atoms with van der Waals surface area (Å²) >= 11 is 10.6. The van der Waals surface area contributed by atoms with Gasteiger partial charge in [0.25, 0.3) is 0 Å². The van der Waals surface area contributed by atoms with Crippen LogP contribution in [0.4, 0.5) is 4.79 Å². The predicted octanol–water partition coefficient (Wildman–Crippen LogP) is 15.5. The number of thiophene rings is 2. The van der Waals surface area contributed by atoms with Crippen LogP contribution in [0.25, 0.3) is 72.8 Å². The summed E-state index contributed by atoms with van der Waals surface area (Å²) in [7, 11) is 0. The highest BCUT2D eigenvalue weighted by Crippen LogP contribution is 2.44. The number of aromatic nitrogens is 1. The summed E-state index contributed by atoms with van der Waals surface area (Å²) in [6, 6.07) is 56.3. The van der Waals surface area contributed by atoms with Crippen molar-refractivity contribution in [1.82, 2.24) is 10.3 Å². The van der Waals surface area contributed by atoms with E-state index in [0.29, 0.717) is 17.3 Å². The summed E-state index contributed by atoms with van der Waals surface area (Å²) in [6.07, 6.45) is 0.539. The number of esters is 1. The highest BCUT2D eigenvalue weighted by molar-refractivity contribution is 8.02. The zero-order valence-electron chi connectivity index (χ0n) is 35.6. The van der Waals surface area contributed by atoms with Gasteiger partial charge in [0.15, 0.2) is 4.34 Å². The number of thiazole rings is 1. The van der Waals surface area contributed by atoms with Crippen LogP contribution in [0.5, 0.6) is 0 Å². The van der Waals surface area contributed by atoms with Crippen molar-refractivity contribution in [3.8, 4) is 22.3 Å². The second-order valence-corrected chi connectivity index (χ2v) is 22.3. The highest BCUT2D eigenvalue weighted by atomic mass is 32.2. The number of carbonyl (C=O) groups is 2. The molecule has 0 atom stereocenters. The first-order valence-corrected chi connectivity index (χ1v) is 26.8. The molecule has 10 rings (SSSR count). The minimum absolute atomic E-state index is 0.0189. The molecule has 0 spiro atoms. The molecule has 0 fully saturated rings. The standard InChI is InChI=1S/C54H42N2O4S6/c1-2-49(57)59-30-29-55-52(58)60-31-54(34-63-53-56-45-17-5-8-20-48(45)66-53,32-61-37-25-21-35(22-26-37)39-13-9-15-43-41-11-3-6-18-46(41)64-50(39)43)33-62-38-27-23-36(24-28-38)40-14-10-16-44-42-12-4-7-19-47(42)65-51(40)44/h2-28H,1,29-34H2,(H,55,58). The average Bonchev–Trinajstić information content (AvgIpc) is 4.08. The van der Waals surface area contributed by atoms with Crippen LogP contribution in [-0.4, -0.2) is 54.1 Å². The van der Waals surface area contributed by atoms with Crippen LogP contribution in [0.15, 0.2) is 185 Å². The van der Waals surface area contributed by atoms with Crippen molar-refractivity contribution < 1.29 is 19.1 Å². The number of hydrogen-bond donors (Lipinski definition) is 1. The Morgan fingerprint density at radius 1 is 0.576 bits per heavy atom. The van der Waals surface area contributed by atoms with Crippen molar-refractivity contribution in [3.05, 3.63) is 170 Å². The first kappa shape index (κ1) is 44.2. The number of ether oxygens (including phenoxy) is 2. The van der Waals surface area contributed by atoms with Crippen molar-refractivity contribution in [2.45, 2.75) is 14.1 Å². The SMILES string of the molecule is C=CC(=O)OCCNC(=O)OCC(CSc1ccc(-c2cccc3c2sc2ccccc23)cc1)(CSc1ccc(-c2cccc3c2sc2ccccc23)cc1)CSc1nc2ccccc2s1. The minimum atomic E-state index is -0.562. The fourth-order valence-corrected chi connectivity index (χ4v) is 15.2. The largest absolute Gasteiger partial charge is 0.461 e. The zero-order valence-corrected chi connectivity index (χ0v) is 40.5. The molecule has 6 nitrogen and oxygen atoms in total. The lowest BCUT2D eigenvalue weighted by atomic mass is 9.97. The van der Waals surface area contributed by atoms with Gasteiger partial charge in [-0.05, 0) is 70.8 Å². The molecule has 1 N–H and O–H groups in total. The molecule has 0 bridgehead atoms. The summed E-state index contributed by atoms with van der Waals surface area (Å²) in [5, 5.41) is 7.90. The van der Waals surface area contributed by atoms with E-state index in [0.717, 1.165) is 30.4 Å². The van der Waals surface area contributed by atoms with Crippen molar-refractivity contribution >= 4 is 132 Å². The van der Waals surface area contributed by atoms with Crippen molar-refractivity contribution in [2.24, 2.45) is 5.41 Å². The summed E-state index contributed by atoms with van der Waals surface area (Å²) in [5.41, 5.74) is 5.30. The maximum atomic E-state index is 13.3. The van der Waals surface area contributed by atoms with E-state index in [2.05, 4.69) is 151 Å². The molecule has 12 heteroatoms. The third-order valence-electron chi connectivity index (χ3n) is 11.3. The van der Waals surface area contributed by atoms with Gasteiger partial charge in [-0.25, -0.2) is 14.6 Å². The number of fused-ring (bicyclic) bond motifs is 7. The minimum Gasteiger partial charge on any atom is -0.461 e. The molecule has 3 aromatic heterocycles. The number of thioether (sulfide) groups is 3. The van der Waals surface area contributed by atoms with E-state index in [4.69, 9.17) is 14.5 Å². The van der Waals surface area contributed by atoms with E-state index in [1.54, 1.807) is 46.6 Å². The first-order chi connectivity index (χ1) is 32.4. The van der Waals surface area contributed by atoms with E-state index in [-0.39, 0.29) is 19.8 Å². The van der Waals surface area contributed by atoms with Gasteiger partial charge in [-0.3, -0.25) is 0 Å². The van der Waals surface area contributed by atoms with E-state index in [9.17, 15) is 9.59 Å². The number of amides is 1. The molecule has 7 aromatic carbocycles. The van der Waals surface area contributed by atoms with E-state index < -0.39 is 17.5 Å². The predicted molar refractivity (Wildman–Crippen MR) is 284 cm³/mol. The van der Waals surface area contributed by atoms with Gasteiger partial charge < -0.3 is 14.8 Å². The second-order valence-electron chi connectivity index (χ2n) is 15.8. The Bertz CT molecular complexity index is 3160. The molecule has 0 radical (unpaired) electrons. The van der Waals surface area contributed by atoms with Crippen molar-refractivity contribution in [2.75, 3.05) is 37.0 Å². The summed E-state index contributed by atoms with van der Waals surface area (Å²) in [6.45, 7) is 3.75. The molecule has 0 aliphatic carbocycles. The number of alkyl carbamates (subject to hydrolysis) is 1. The fraction of sp³-hybridized carbons (Fsp3) is 0.130. The number of carbonyl (C=O) groups excluding carboxylic acids is 2. The van der Waals surface area contributed by atoms with Gasteiger partial charge in [-0.15, -0.1) is 57.5 Å². The molecule has 10 aromatic rings. The van der Waals surface area contributed by atoms with Crippen LogP contribution >= 0.6 is 69.3 Å². The molecule has 66 heavy (non-hydrogen) atoms. The average molecular weight is 975 g/mol. The summed E-state index contributed by atoms with van der Waals surface area (Å²) < 4.78 is 18.4. The van der Waals surface area contributed by atoms with E-state index in [1.165, 1.54) is 62.6 Å². The number of hydrogen-bond acceptors (Lipinski definition) is 11. The summed E-state index contributed by atoms with van der Waals surface area (Å²) in [5.74, 6) is 1.48. The number of rotatable bonds is 17. The maximum absolute atomic E-state index is 13.3. The molecule has 3 heterocycles. The smallest absolute Gasteiger partial charge is 0.407 e. The molecule has 0 saturated heterocycles. The lowest BCUT2D eigenvalue weighted by Crippen LogP contribution is -2.39. The Morgan fingerprint density at radius 3 is 1.65 bits per heavy atom. The highest BCUT2D eigenvalue weighted by Gasteiger charge is 2.34. The van der Waals surface area contributed by atoms with Gasteiger partial charge in [0.2, 0.25) is 0 Å². The topological polar surface area (TPSA) is 77.5 Å². The quantitative estimate of drug-likeness (QED) is 0.0418. The van der Waals surface area contributed by atoms with Gasteiger partial charge in [0.1, 0.15) is 13.2 Å². The van der Waals surface area contributed by atoms with Crippen molar-refractivity contribution in [1.29, 1.82) is 0 Å². The first-order valence-electron chi connectivity index (χ1n) is 21.4. The summed E-state index contributed by atoms with van der Waals surface area (Å²) in [4.78, 5) is 32.1. The Labute approximate surface area is 407 Å². The number of para-hydroxylation sites is 1. The third-order valence-corrected chi connectivity index (χ3v) is 19.0. The van der Waals surface area contributed by atoms with Crippen LogP contribution in [0.3, 0.4) is 0 Å². The van der Waals surface area contributed by atoms with Gasteiger partial charge in [-0.1, -0.05) is 128 Å². The van der Waals surface area contributed by atoms with Crippen molar-refractivity contribution in [3.63, 3.8) is 0 Å². The fourth-order valence-electron chi connectivity index (χ4n) is 7.89. The van der Waals surface area contributed by atoms with Crippen LogP contribution in [-0.2, 0) is 14.3 Å². The normalized spacial score (nSPS) is 11.8. The monoisotopic (exact) mass is 974 g/mol. The van der Waals surface area contributed by atoms with E-state index in [1.807, 2.05) is 40.9 Å². The molecule has 0 aliphatic rings. The second kappa shape index (κ2) is 20.1. The molecule has 0 aliphatic heterocycles. The molecular weight excluding hydrogens is 933 g/mol. The molecular formula is C54H42N2O4S6. The molecule has 0 saturated carbocycles. The number of nitrogens with zero attached hydrogens (tertiary/aromatic N) is 1. The number of nitrogens with one attached hydrogen (secondary N) is 1. The third kappa shape index (κ3) is 9.76. The van der Waals surface area contributed by atoms with Gasteiger partial charge in [-0.2, -0.15) is 0 Å². The Hall–Kier alpha value is -5.60. The zero-order chi connectivity index (χ0) is 44.9. The van der Waals surface area contributed by atoms with Gasteiger partial charge in [0, 0.05) is 78.9 Å². The van der Waals surface area contributed by atoms with Crippen LogP contribution in [0.2, 0.25) is 0 Å². The van der Waals surface area contributed by atoms with E-state index >= 15 is 0 Å². The Kier molecular flexibility index (Phi) is 13.5. The molecule has 0 unspecified atom stereocenters. The Balaban J connectivity index is 0.924. The lowest BCUT2D eigenvalue weighted by Gasteiger charge is -2.32. The number of benzene rings is 7. The molecule has 1 amide bonds. The van der Waals surface area contributed by atoms with Crippen LogP contribution < -0.4 is 5.32 Å². The van der Waals surface area contributed by atoms with Crippen LogP contribution in [0.1, 0.15) is 0 Å². The van der Waals surface area contributed by atoms with Gasteiger partial charge in [0.05, 0.1) is 16.8 Å². The van der Waals surface area contributed by atoms with Crippen LogP contribution in [0, 0.1) is 5.41 Å². The Morgan fingerprint density at radius 2 is 1.09 bits per heavy atom. The maximum Gasteiger partial charge on any atom is 0.407 e.